The van der Waals surface area contributed by atoms with Crippen LogP contribution < -0.4 is 15.6 Å². The SMILES string of the molecule is O=C1COc2cc(F)c(-n3[c]cc4cccc(O)c4c3=O)cc2N1. The van der Waals surface area contributed by atoms with Gasteiger partial charge >= 0.3 is 0 Å². The summed E-state index contributed by atoms with van der Waals surface area (Å²) < 4.78 is 20.5. The predicted octanol–water partition coefficient (Wildman–Crippen LogP) is 1.97. The lowest BCUT2D eigenvalue weighted by atomic mass is 10.1. The Balaban J connectivity index is 1.97. The number of nitrogens with zero attached hydrogens (tertiary/aromatic N) is 1. The van der Waals surface area contributed by atoms with Crippen molar-refractivity contribution in [3.63, 3.8) is 0 Å². The third-order valence-electron chi connectivity index (χ3n) is 3.76. The van der Waals surface area contributed by atoms with E-state index in [4.69, 9.17) is 4.74 Å². The molecule has 24 heavy (non-hydrogen) atoms. The molecule has 0 atom stereocenters. The van der Waals surface area contributed by atoms with Gasteiger partial charge in [-0.15, -0.1) is 0 Å². The molecule has 0 fully saturated rings. The van der Waals surface area contributed by atoms with Gasteiger partial charge in [-0.2, -0.15) is 0 Å². The van der Waals surface area contributed by atoms with Crippen LogP contribution in [-0.4, -0.2) is 22.2 Å². The van der Waals surface area contributed by atoms with E-state index in [1.807, 2.05) is 0 Å². The quantitative estimate of drug-likeness (QED) is 0.717. The lowest BCUT2D eigenvalue weighted by Gasteiger charge is -2.19. The zero-order valence-corrected chi connectivity index (χ0v) is 12.2. The molecule has 119 valence electrons. The average molecular weight is 325 g/mol. The Bertz CT molecular complexity index is 1060. The zero-order valence-electron chi connectivity index (χ0n) is 12.2. The Hall–Kier alpha value is -3.35. The number of rotatable bonds is 1. The van der Waals surface area contributed by atoms with Crippen molar-refractivity contribution in [2.45, 2.75) is 0 Å². The van der Waals surface area contributed by atoms with Crippen molar-refractivity contribution in [3.05, 3.63) is 58.8 Å². The molecule has 0 bridgehead atoms. The monoisotopic (exact) mass is 325 g/mol. The molecule has 2 aromatic carbocycles. The molecule has 1 radical (unpaired) electrons. The summed E-state index contributed by atoms with van der Waals surface area (Å²) in [7, 11) is 0. The van der Waals surface area contributed by atoms with Gasteiger partial charge in [-0.3, -0.25) is 14.2 Å². The molecule has 6 nitrogen and oxygen atoms in total. The first kappa shape index (κ1) is 14.3. The van der Waals surface area contributed by atoms with Crippen LogP contribution >= 0.6 is 0 Å². The Morgan fingerprint density at radius 1 is 1.29 bits per heavy atom. The van der Waals surface area contributed by atoms with Crippen LogP contribution in [0.1, 0.15) is 0 Å². The van der Waals surface area contributed by atoms with Gasteiger partial charge in [-0.05, 0) is 23.6 Å². The maximum absolute atomic E-state index is 14.4. The molecule has 4 rings (SSSR count). The molecule has 1 aliphatic heterocycles. The molecule has 0 unspecified atom stereocenters. The van der Waals surface area contributed by atoms with E-state index < -0.39 is 11.4 Å². The van der Waals surface area contributed by atoms with Crippen molar-refractivity contribution in [1.29, 1.82) is 0 Å². The van der Waals surface area contributed by atoms with Crippen LogP contribution in [0.15, 0.2) is 41.2 Å². The minimum atomic E-state index is -0.710. The maximum Gasteiger partial charge on any atom is 0.267 e. The van der Waals surface area contributed by atoms with E-state index >= 15 is 0 Å². The van der Waals surface area contributed by atoms with Gasteiger partial charge in [0.1, 0.15) is 11.5 Å². The molecule has 0 spiro atoms. The molecule has 2 heterocycles. The number of nitrogens with one attached hydrogen (secondary N) is 1. The van der Waals surface area contributed by atoms with Crippen LogP contribution in [0.25, 0.3) is 16.5 Å². The highest BCUT2D eigenvalue weighted by Crippen LogP contribution is 2.32. The third-order valence-corrected chi connectivity index (χ3v) is 3.76. The minimum absolute atomic E-state index is 0.0636. The largest absolute Gasteiger partial charge is 0.507 e. The summed E-state index contributed by atoms with van der Waals surface area (Å²) in [5.41, 5.74) is -0.456. The summed E-state index contributed by atoms with van der Waals surface area (Å²) in [6, 6.07) is 8.50. The number of carbonyl (C=O) groups excluding carboxylic acids is 1. The van der Waals surface area contributed by atoms with Gasteiger partial charge in [0.25, 0.3) is 11.5 Å². The second-order valence-electron chi connectivity index (χ2n) is 5.29. The first-order chi connectivity index (χ1) is 11.5. The van der Waals surface area contributed by atoms with Gasteiger partial charge in [-0.25, -0.2) is 4.39 Å². The molecular formula is C17H10FN2O4. The number of phenols is 1. The topological polar surface area (TPSA) is 80.6 Å². The number of ether oxygens (including phenoxy) is 1. The second kappa shape index (κ2) is 5.09. The lowest BCUT2D eigenvalue weighted by molar-refractivity contribution is -0.118. The maximum atomic E-state index is 14.4. The van der Waals surface area contributed by atoms with Crippen molar-refractivity contribution >= 4 is 22.4 Å². The van der Waals surface area contributed by atoms with Crippen molar-refractivity contribution in [2.24, 2.45) is 0 Å². The number of hydrogen-bond acceptors (Lipinski definition) is 4. The van der Waals surface area contributed by atoms with Gasteiger partial charge in [0.05, 0.1) is 23.0 Å². The molecule has 0 aliphatic carbocycles. The fourth-order valence-corrected chi connectivity index (χ4v) is 2.66. The number of anilines is 1. The van der Waals surface area contributed by atoms with Crippen molar-refractivity contribution in [2.75, 3.05) is 11.9 Å². The summed E-state index contributed by atoms with van der Waals surface area (Å²) in [6.45, 7) is -0.193. The van der Waals surface area contributed by atoms with E-state index in [0.717, 1.165) is 10.6 Å². The third kappa shape index (κ3) is 2.10. The number of benzene rings is 2. The highest BCUT2D eigenvalue weighted by molar-refractivity contribution is 5.95. The van der Waals surface area contributed by atoms with Gasteiger partial charge in [0.2, 0.25) is 0 Å². The van der Waals surface area contributed by atoms with Crippen LogP contribution in [0.3, 0.4) is 0 Å². The van der Waals surface area contributed by atoms with E-state index in [2.05, 4.69) is 11.5 Å². The van der Waals surface area contributed by atoms with Crippen LogP contribution in [0.5, 0.6) is 11.5 Å². The number of carbonyl (C=O) groups is 1. The van der Waals surface area contributed by atoms with Crippen LogP contribution in [-0.2, 0) is 4.79 Å². The molecule has 2 N–H and O–H groups in total. The fourth-order valence-electron chi connectivity index (χ4n) is 2.66. The second-order valence-corrected chi connectivity index (χ2v) is 5.29. The highest BCUT2D eigenvalue weighted by atomic mass is 19.1. The number of halogens is 1. The number of hydrogen-bond donors (Lipinski definition) is 2. The first-order valence-corrected chi connectivity index (χ1v) is 7.06. The van der Waals surface area contributed by atoms with Gasteiger partial charge in [0.15, 0.2) is 12.4 Å². The van der Waals surface area contributed by atoms with Crippen LogP contribution in [0.2, 0.25) is 0 Å². The van der Waals surface area contributed by atoms with E-state index in [-0.39, 0.29) is 40.8 Å². The summed E-state index contributed by atoms with van der Waals surface area (Å²) >= 11 is 0. The van der Waals surface area contributed by atoms with E-state index in [0.29, 0.717) is 5.39 Å². The minimum Gasteiger partial charge on any atom is -0.507 e. The number of phenolic OH excluding ortho intramolecular Hbond substituents is 1. The molecule has 0 saturated carbocycles. The number of aromatic nitrogens is 1. The highest BCUT2D eigenvalue weighted by Gasteiger charge is 2.20. The van der Waals surface area contributed by atoms with E-state index in [9.17, 15) is 19.1 Å². The summed E-state index contributed by atoms with van der Waals surface area (Å²) in [6.07, 6.45) is 2.68. The molecule has 7 heteroatoms. The molecule has 1 aromatic heterocycles. The van der Waals surface area contributed by atoms with Crippen molar-refractivity contribution in [3.8, 4) is 17.2 Å². The van der Waals surface area contributed by atoms with Crippen molar-refractivity contribution in [1.82, 2.24) is 4.57 Å². The Kier molecular flexibility index (Phi) is 3.02. The Labute approximate surface area is 134 Å². The molecule has 3 aromatic rings. The van der Waals surface area contributed by atoms with Gasteiger partial charge in [-0.1, -0.05) is 12.1 Å². The predicted molar refractivity (Wildman–Crippen MR) is 84.1 cm³/mol. The number of fused-ring (bicyclic) bond motifs is 2. The van der Waals surface area contributed by atoms with E-state index in [1.54, 1.807) is 12.1 Å². The number of aromatic hydroxyl groups is 1. The smallest absolute Gasteiger partial charge is 0.267 e. The Morgan fingerprint density at radius 2 is 2.12 bits per heavy atom. The van der Waals surface area contributed by atoms with Crippen LogP contribution in [0.4, 0.5) is 10.1 Å². The molecule has 0 saturated heterocycles. The summed E-state index contributed by atoms with van der Waals surface area (Å²) in [4.78, 5) is 24.0. The Morgan fingerprint density at radius 3 is 2.96 bits per heavy atom. The normalized spacial score (nSPS) is 13.3. The molecule has 1 aliphatic rings. The molecular weight excluding hydrogens is 315 g/mol. The lowest BCUT2D eigenvalue weighted by Crippen LogP contribution is -2.26. The first-order valence-electron chi connectivity index (χ1n) is 7.06. The van der Waals surface area contributed by atoms with Crippen LogP contribution in [0, 0.1) is 12.0 Å². The van der Waals surface area contributed by atoms with Gasteiger partial charge < -0.3 is 15.2 Å². The number of amides is 1. The van der Waals surface area contributed by atoms with Gasteiger partial charge in [0, 0.05) is 6.07 Å². The standard InChI is InChI=1S/C17H10FN2O4/c18-10-6-14-11(19-15(22)8-24-14)7-12(10)20-5-4-9-2-1-3-13(21)16(9)17(20)23/h1-4,6-7,21H,8H2,(H,19,22). The summed E-state index contributed by atoms with van der Waals surface area (Å²) in [5.74, 6) is -1.09. The van der Waals surface area contributed by atoms with Crippen molar-refractivity contribution < 1.29 is 19.0 Å². The molecule has 1 amide bonds. The zero-order chi connectivity index (χ0) is 16.8. The fraction of sp³-hybridized carbons (Fsp3) is 0.0588. The van der Waals surface area contributed by atoms with E-state index in [1.165, 1.54) is 18.2 Å². The average Bonchev–Trinajstić information content (AvgIpc) is 2.55. The summed E-state index contributed by atoms with van der Waals surface area (Å²) in [5, 5.41) is 13.0. The number of pyridine rings is 1.